The topological polar surface area (TPSA) is 65.8 Å². The van der Waals surface area contributed by atoms with E-state index in [9.17, 15) is 4.79 Å². The first-order valence-electron chi connectivity index (χ1n) is 16.7. The van der Waals surface area contributed by atoms with Crippen molar-refractivity contribution in [3.63, 3.8) is 0 Å². The lowest BCUT2D eigenvalue weighted by molar-refractivity contribution is 0.0522. The highest BCUT2D eigenvalue weighted by Crippen LogP contribution is 2.32. The highest BCUT2D eigenvalue weighted by Gasteiger charge is 2.23. The van der Waals surface area contributed by atoms with Gasteiger partial charge in [-0.2, -0.15) is 5.10 Å². The summed E-state index contributed by atoms with van der Waals surface area (Å²) < 4.78 is 19.5. The minimum Gasteiger partial charge on any atom is -0.488 e. The number of Topliss-reactive ketones (excluding diaryl/α,β-unsaturated/α-hetero) is 1. The molecule has 2 aromatic rings. The molecule has 0 saturated heterocycles. The molecule has 248 valence electrons. The van der Waals surface area contributed by atoms with Gasteiger partial charge in [0.15, 0.2) is 5.78 Å². The van der Waals surface area contributed by atoms with E-state index < -0.39 is 0 Å². The fourth-order valence-electron chi connectivity index (χ4n) is 6.43. The van der Waals surface area contributed by atoms with Crippen molar-refractivity contribution < 1.29 is 19.0 Å². The van der Waals surface area contributed by atoms with Crippen molar-refractivity contribution in [2.24, 2.45) is 0 Å². The fourth-order valence-corrected chi connectivity index (χ4v) is 6.43. The average molecular weight is 628 g/mol. The molecule has 7 nitrogen and oxygen atoms in total. The number of benzene rings is 1. The Morgan fingerprint density at radius 3 is 2.70 bits per heavy atom. The Morgan fingerprint density at radius 1 is 1.17 bits per heavy atom. The first-order valence-corrected chi connectivity index (χ1v) is 16.7. The number of rotatable bonds is 15. The number of ether oxygens (including phenoxy) is 3. The molecule has 0 bridgehead atoms. The number of allylic oxidation sites excluding steroid dienone is 7. The maximum atomic E-state index is 11.9. The van der Waals surface area contributed by atoms with E-state index in [1.54, 1.807) is 18.0 Å². The Morgan fingerprint density at radius 2 is 1.98 bits per heavy atom. The molecule has 0 amide bonds. The van der Waals surface area contributed by atoms with E-state index in [2.05, 4.69) is 55.6 Å². The molecular formula is C39H53N3O4. The third-order valence-electron chi connectivity index (χ3n) is 9.28. The summed E-state index contributed by atoms with van der Waals surface area (Å²) in [6, 6.07) is 4.55. The zero-order valence-electron chi connectivity index (χ0n) is 29.1. The van der Waals surface area contributed by atoms with E-state index in [-0.39, 0.29) is 5.78 Å². The van der Waals surface area contributed by atoms with E-state index in [0.717, 1.165) is 74.3 Å². The van der Waals surface area contributed by atoms with Crippen molar-refractivity contribution in [3.8, 4) is 5.88 Å². The van der Waals surface area contributed by atoms with Crippen molar-refractivity contribution in [2.75, 3.05) is 27.3 Å². The van der Waals surface area contributed by atoms with Gasteiger partial charge in [0, 0.05) is 38.0 Å². The van der Waals surface area contributed by atoms with Crippen molar-refractivity contribution in [1.82, 2.24) is 14.7 Å². The fraction of sp³-hybridized carbons (Fsp3) is 0.487. The SMILES string of the molecule is C=C(/C=C\C=C(/C)n1ncc(C(C)=O)c1OC)C1=CCCCC(C)=C1OCc1ccc2c(c1C)CCN(C[C@H](CCCC)OC)C2. The molecule has 1 aliphatic heterocycles. The van der Waals surface area contributed by atoms with Crippen LogP contribution >= 0.6 is 0 Å². The van der Waals surface area contributed by atoms with Gasteiger partial charge >= 0.3 is 0 Å². The van der Waals surface area contributed by atoms with E-state index >= 15 is 0 Å². The second kappa shape index (κ2) is 16.8. The highest BCUT2D eigenvalue weighted by molar-refractivity contribution is 5.96. The molecule has 7 heteroatoms. The standard InChI is InChI=1S/C39H53N3O4/c1-9-10-17-34(44-7)25-41-22-21-36-30(5)33(20-19-32(36)24-41)26-46-38-28(3)14-11-12-18-35(38)27(2)15-13-16-29(4)42-39(45-8)37(23-40-42)31(6)43/h13,15-16,18-20,23,34H,2,9-12,14,17,21-22,24-26H2,1,3-8H3/b15-13-,29-16+/t34-/m0/s1. The smallest absolute Gasteiger partial charge is 0.227 e. The number of carbonyl (C=O) groups excluding carboxylic acids is 1. The molecule has 1 aliphatic carbocycles. The van der Waals surface area contributed by atoms with Crippen LogP contribution in [-0.4, -0.2) is 53.9 Å². The van der Waals surface area contributed by atoms with Crippen LogP contribution < -0.4 is 4.74 Å². The minimum atomic E-state index is -0.0826. The second-order valence-electron chi connectivity index (χ2n) is 12.6. The van der Waals surface area contributed by atoms with E-state index in [1.807, 2.05) is 32.3 Å². The van der Waals surface area contributed by atoms with Crippen molar-refractivity contribution >= 4 is 11.5 Å². The monoisotopic (exact) mass is 627 g/mol. The molecule has 4 rings (SSSR count). The predicted molar refractivity (Wildman–Crippen MR) is 187 cm³/mol. The number of carbonyl (C=O) groups is 1. The van der Waals surface area contributed by atoms with E-state index in [0.29, 0.717) is 24.2 Å². The normalized spacial score (nSPS) is 16.7. The lowest BCUT2D eigenvalue weighted by Crippen LogP contribution is -2.37. The minimum absolute atomic E-state index is 0.0826. The number of methoxy groups -OCH3 is 2. The molecule has 0 unspecified atom stereocenters. The summed E-state index contributed by atoms with van der Waals surface area (Å²) in [6.07, 6.45) is 17.7. The Hall–Kier alpha value is -3.68. The Kier molecular flexibility index (Phi) is 12.8. The summed E-state index contributed by atoms with van der Waals surface area (Å²) in [5.74, 6) is 1.29. The summed E-state index contributed by atoms with van der Waals surface area (Å²) in [5.41, 5.74) is 9.98. The van der Waals surface area contributed by atoms with Crippen LogP contribution in [0.3, 0.4) is 0 Å². The van der Waals surface area contributed by atoms with Gasteiger partial charge in [-0.15, -0.1) is 0 Å². The van der Waals surface area contributed by atoms with Gasteiger partial charge in [-0.05, 0) is 99.3 Å². The maximum Gasteiger partial charge on any atom is 0.227 e. The number of hydrogen-bond donors (Lipinski definition) is 0. The Labute approximate surface area is 276 Å². The van der Waals surface area contributed by atoms with Gasteiger partial charge in [-0.3, -0.25) is 9.69 Å². The summed E-state index contributed by atoms with van der Waals surface area (Å²) in [6.45, 7) is 18.1. The molecule has 46 heavy (non-hydrogen) atoms. The van der Waals surface area contributed by atoms with E-state index in [1.165, 1.54) is 47.6 Å². The van der Waals surface area contributed by atoms with E-state index in [4.69, 9.17) is 14.2 Å². The largest absolute Gasteiger partial charge is 0.488 e. The molecule has 0 saturated carbocycles. The first kappa shape index (κ1) is 35.2. The summed E-state index contributed by atoms with van der Waals surface area (Å²) in [5, 5.41) is 4.35. The van der Waals surface area contributed by atoms with Crippen LogP contribution in [0.2, 0.25) is 0 Å². The number of aromatic nitrogens is 2. The zero-order chi connectivity index (χ0) is 33.2. The van der Waals surface area contributed by atoms with Crippen molar-refractivity contribution in [2.45, 2.75) is 98.8 Å². The molecular weight excluding hydrogens is 574 g/mol. The number of unbranched alkanes of at least 4 members (excludes halogenated alkanes) is 1. The van der Waals surface area contributed by atoms with Gasteiger partial charge in [-0.1, -0.05) is 56.7 Å². The first-order chi connectivity index (χ1) is 22.2. The van der Waals surface area contributed by atoms with Gasteiger partial charge in [0.2, 0.25) is 5.88 Å². The molecule has 1 aromatic heterocycles. The third kappa shape index (κ3) is 8.56. The maximum absolute atomic E-state index is 11.9. The van der Waals surface area contributed by atoms with Crippen molar-refractivity contribution in [1.29, 1.82) is 0 Å². The van der Waals surface area contributed by atoms with Gasteiger partial charge < -0.3 is 14.2 Å². The molecule has 2 aliphatic rings. The quantitative estimate of drug-likeness (QED) is 0.146. The Bertz CT molecular complexity index is 1520. The molecule has 1 atom stereocenters. The lowest BCUT2D eigenvalue weighted by atomic mass is 9.91. The van der Waals surface area contributed by atoms with Gasteiger partial charge in [0.05, 0.1) is 25.0 Å². The second-order valence-corrected chi connectivity index (χ2v) is 12.6. The molecule has 0 N–H and O–H groups in total. The number of fused-ring (bicyclic) bond motifs is 1. The third-order valence-corrected chi connectivity index (χ3v) is 9.28. The number of ketones is 1. The van der Waals surface area contributed by atoms with Crippen LogP contribution in [0.5, 0.6) is 5.88 Å². The summed E-state index contributed by atoms with van der Waals surface area (Å²) in [7, 11) is 3.39. The average Bonchev–Trinajstić information content (AvgIpc) is 3.40. The van der Waals surface area contributed by atoms with Crippen LogP contribution in [0, 0.1) is 6.92 Å². The van der Waals surface area contributed by atoms with Crippen LogP contribution in [0.15, 0.2) is 71.7 Å². The van der Waals surface area contributed by atoms with Crippen LogP contribution in [0.1, 0.15) is 98.8 Å². The number of hydrogen-bond acceptors (Lipinski definition) is 6. The predicted octanol–water partition coefficient (Wildman–Crippen LogP) is 8.54. The summed E-state index contributed by atoms with van der Waals surface area (Å²) >= 11 is 0. The molecule has 0 radical (unpaired) electrons. The molecule has 0 fully saturated rings. The molecule has 2 heterocycles. The van der Waals surface area contributed by atoms with Crippen molar-refractivity contribution in [3.05, 3.63) is 99.5 Å². The highest BCUT2D eigenvalue weighted by atomic mass is 16.5. The molecule has 1 aromatic carbocycles. The lowest BCUT2D eigenvalue weighted by Gasteiger charge is -2.32. The van der Waals surface area contributed by atoms with Gasteiger partial charge in [-0.25, -0.2) is 4.68 Å². The van der Waals surface area contributed by atoms with Crippen LogP contribution in [0.25, 0.3) is 5.70 Å². The Balaban J connectivity index is 1.44. The van der Waals surface area contributed by atoms with Gasteiger partial charge in [0.25, 0.3) is 0 Å². The number of nitrogens with zero attached hydrogens (tertiary/aromatic N) is 3. The van der Waals surface area contributed by atoms with Gasteiger partial charge in [0.1, 0.15) is 12.4 Å². The zero-order valence-corrected chi connectivity index (χ0v) is 29.1. The van der Waals surface area contributed by atoms with Crippen LogP contribution in [0.4, 0.5) is 0 Å². The summed E-state index contributed by atoms with van der Waals surface area (Å²) in [4.78, 5) is 14.5. The molecule has 0 spiro atoms. The van der Waals surface area contributed by atoms with Crippen LogP contribution in [-0.2, 0) is 29.0 Å².